The van der Waals surface area contributed by atoms with Gasteiger partial charge < -0.3 is 5.11 Å². The Morgan fingerprint density at radius 1 is 1.14 bits per heavy atom. The number of sulfonamides is 1. The van der Waals surface area contributed by atoms with Gasteiger partial charge in [-0.15, -0.1) is 0 Å². The first-order chi connectivity index (χ1) is 9.81. The molecule has 0 aliphatic carbocycles. The number of nitrogens with zero attached hydrogens (tertiary/aromatic N) is 2. The second kappa shape index (κ2) is 5.49. The molecule has 21 heavy (non-hydrogen) atoms. The van der Waals surface area contributed by atoms with Crippen molar-refractivity contribution in [2.45, 2.75) is 18.7 Å². The molecule has 0 aliphatic rings. The number of hydrogen-bond acceptors (Lipinski definition) is 5. The number of hydrogen-bond donors (Lipinski definition) is 2. The van der Waals surface area contributed by atoms with Gasteiger partial charge in [-0.3, -0.25) is 4.72 Å². The lowest BCUT2D eigenvalue weighted by atomic mass is 10.1. The van der Waals surface area contributed by atoms with Gasteiger partial charge in [-0.1, -0.05) is 6.07 Å². The second-order valence-corrected chi connectivity index (χ2v) is 6.09. The number of carbonyl (C=O) groups is 1. The fraction of sp³-hybridized carbons (Fsp3) is 0.154. The monoisotopic (exact) mass is 307 g/mol. The molecule has 1 heterocycles. The van der Waals surface area contributed by atoms with Crippen molar-refractivity contribution in [2.75, 3.05) is 4.72 Å². The molecule has 0 amide bonds. The summed E-state index contributed by atoms with van der Waals surface area (Å²) in [5.41, 5.74) is 1.32. The van der Waals surface area contributed by atoms with Gasteiger partial charge in [0.05, 0.1) is 4.90 Å². The van der Waals surface area contributed by atoms with Crippen LogP contribution in [0.2, 0.25) is 0 Å². The van der Waals surface area contributed by atoms with E-state index < -0.39 is 21.7 Å². The van der Waals surface area contributed by atoms with Crippen LogP contribution in [0.1, 0.15) is 21.6 Å². The van der Waals surface area contributed by atoms with Crippen LogP contribution < -0.4 is 4.72 Å². The lowest BCUT2D eigenvalue weighted by Gasteiger charge is -2.10. The SMILES string of the molecule is Cc1ccc(S(=O)(=O)Nc2nccnc2C(=O)O)cc1C. The van der Waals surface area contributed by atoms with Crippen molar-refractivity contribution in [1.82, 2.24) is 9.97 Å². The maximum absolute atomic E-state index is 12.3. The van der Waals surface area contributed by atoms with Crippen molar-refractivity contribution in [3.05, 3.63) is 47.4 Å². The van der Waals surface area contributed by atoms with Crippen molar-refractivity contribution in [3.8, 4) is 0 Å². The number of carboxylic acids is 1. The van der Waals surface area contributed by atoms with E-state index in [0.717, 1.165) is 11.1 Å². The Morgan fingerprint density at radius 3 is 2.43 bits per heavy atom. The third kappa shape index (κ3) is 3.16. The molecule has 0 fully saturated rings. The number of aromatic nitrogens is 2. The van der Waals surface area contributed by atoms with Crippen molar-refractivity contribution in [2.24, 2.45) is 0 Å². The highest BCUT2D eigenvalue weighted by Crippen LogP contribution is 2.19. The number of benzene rings is 1. The number of carboxylic acid groups (broad SMARTS) is 1. The maximum atomic E-state index is 12.3. The molecule has 0 aliphatic heterocycles. The van der Waals surface area contributed by atoms with Crippen molar-refractivity contribution in [1.29, 1.82) is 0 Å². The highest BCUT2D eigenvalue weighted by molar-refractivity contribution is 7.92. The summed E-state index contributed by atoms with van der Waals surface area (Å²) < 4.78 is 26.7. The molecule has 0 atom stereocenters. The fourth-order valence-corrected chi connectivity index (χ4v) is 2.74. The molecule has 110 valence electrons. The van der Waals surface area contributed by atoms with Gasteiger partial charge in [-0.05, 0) is 37.1 Å². The smallest absolute Gasteiger partial charge is 0.358 e. The Bertz CT molecular complexity index is 803. The van der Waals surface area contributed by atoms with E-state index in [9.17, 15) is 13.2 Å². The Balaban J connectivity index is 2.42. The molecule has 2 N–H and O–H groups in total. The summed E-state index contributed by atoms with van der Waals surface area (Å²) >= 11 is 0. The van der Waals surface area contributed by atoms with E-state index >= 15 is 0 Å². The van der Waals surface area contributed by atoms with Gasteiger partial charge in [0.15, 0.2) is 11.5 Å². The van der Waals surface area contributed by atoms with Gasteiger partial charge in [-0.2, -0.15) is 0 Å². The highest BCUT2D eigenvalue weighted by atomic mass is 32.2. The molecule has 1 aromatic heterocycles. The normalized spacial score (nSPS) is 11.1. The summed E-state index contributed by atoms with van der Waals surface area (Å²) in [4.78, 5) is 18.4. The minimum absolute atomic E-state index is 0.0348. The van der Waals surface area contributed by atoms with E-state index in [4.69, 9.17) is 5.11 Å². The Hall–Kier alpha value is -2.48. The Kier molecular flexibility index (Phi) is 3.90. The van der Waals surface area contributed by atoms with Crippen LogP contribution in [-0.2, 0) is 10.0 Å². The van der Waals surface area contributed by atoms with Crippen LogP contribution in [0.3, 0.4) is 0 Å². The van der Waals surface area contributed by atoms with Crippen LogP contribution in [-0.4, -0.2) is 29.5 Å². The molecule has 1 aromatic carbocycles. The Labute approximate surface area is 121 Å². The zero-order valence-corrected chi connectivity index (χ0v) is 12.2. The molecule has 0 radical (unpaired) electrons. The molecule has 0 bridgehead atoms. The van der Waals surface area contributed by atoms with Crippen LogP contribution in [0.4, 0.5) is 5.82 Å². The van der Waals surface area contributed by atoms with Gasteiger partial charge >= 0.3 is 5.97 Å². The van der Waals surface area contributed by atoms with Crippen LogP contribution >= 0.6 is 0 Å². The third-order valence-corrected chi connectivity index (χ3v) is 4.26. The minimum Gasteiger partial charge on any atom is -0.476 e. The lowest BCUT2D eigenvalue weighted by molar-refractivity contribution is 0.0691. The molecule has 0 spiro atoms. The average molecular weight is 307 g/mol. The summed E-state index contributed by atoms with van der Waals surface area (Å²) in [6, 6.07) is 4.63. The largest absolute Gasteiger partial charge is 0.476 e. The number of anilines is 1. The van der Waals surface area contributed by atoms with Gasteiger partial charge in [0, 0.05) is 12.4 Å². The van der Waals surface area contributed by atoms with E-state index in [0.29, 0.717) is 0 Å². The van der Waals surface area contributed by atoms with E-state index in [2.05, 4.69) is 14.7 Å². The zero-order valence-electron chi connectivity index (χ0n) is 11.4. The lowest BCUT2D eigenvalue weighted by Crippen LogP contribution is -2.17. The van der Waals surface area contributed by atoms with Crippen LogP contribution in [0, 0.1) is 13.8 Å². The molecular weight excluding hydrogens is 294 g/mol. The van der Waals surface area contributed by atoms with Crippen molar-refractivity contribution >= 4 is 21.8 Å². The zero-order chi connectivity index (χ0) is 15.6. The van der Waals surface area contributed by atoms with Gasteiger partial charge in [0.25, 0.3) is 10.0 Å². The topological polar surface area (TPSA) is 109 Å². The van der Waals surface area contributed by atoms with Gasteiger partial charge in [-0.25, -0.2) is 23.2 Å². The quantitative estimate of drug-likeness (QED) is 0.887. The molecular formula is C13H13N3O4S. The molecule has 0 saturated carbocycles. The molecule has 8 heteroatoms. The van der Waals surface area contributed by atoms with E-state index in [1.54, 1.807) is 13.0 Å². The van der Waals surface area contributed by atoms with E-state index in [1.165, 1.54) is 24.5 Å². The number of aryl methyl sites for hydroxylation is 2. The first kappa shape index (κ1) is 14.9. The van der Waals surface area contributed by atoms with Gasteiger partial charge in [0.1, 0.15) is 0 Å². The summed E-state index contributed by atoms with van der Waals surface area (Å²) in [6.45, 7) is 3.66. The van der Waals surface area contributed by atoms with Crippen LogP contribution in [0.15, 0.2) is 35.5 Å². The molecule has 0 saturated heterocycles. The number of rotatable bonds is 4. The molecule has 0 unspecified atom stereocenters. The van der Waals surface area contributed by atoms with Crippen LogP contribution in [0.25, 0.3) is 0 Å². The van der Waals surface area contributed by atoms with Crippen molar-refractivity contribution < 1.29 is 18.3 Å². The number of aromatic carboxylic acids is 1. The maximum Gasteiger partial charge on any atom is 0.358 e. The summed E-state index contributed by atoms with van der Waals surface area (Å²) in [5, 5.41) is 8.98. The second-order valence-electron chi connectivity index (χ2n) is 4.41. The molecule has 2 aromatic rings. The third-order valence-electron chi connectivity index (χ3n) is 2.92. The Morgan fingerprint density at radius 2 is 1.81 bits per heavy atom. The van der Waals surface area contributed by atoms with E-state index in [-0.39, 0.29) is 10.7 Å². The summed E-state index contributed by atoms with van der Waals surface area (Å²) in [6.07, 6.45) is 2.39. The predicted octanol–water partition coefficient (Wildman–Crippen LogP) is 1.59. The van der Waals surface area contributed by atoms with Gasteiger partial charge in [0.2, 0.25) is 0 Å². The highest BCUT2D eigenvalue weighted by Gasteiger charge is 2.20. The first-order valence-corrected chi connectivity index (χ1v) is 7.44. The molecule has 2 rings (SSSR count). The first-order valence-electron chi connectivity index (χ1n) is 5.95. The number of nitrogens with one attached hydrogen (secondary N) is 1. The predicted molar refractivity (Wildman–Crippen MR) is 75.7 cm³/mol. The van der Waals surface area contributed by atoms with E-state index in [1.807, 2.05) is 6.92 Å². The minimum atomic E-state index is -3.92. The van der Waals surface area contributed by atoms with Crippen molar-refractivity contribution in [3.63, 3.8) is 0 Å². The average Bonchev–Trinajstić information content (AvgIpc) is 2.41. The summed E-state index contributed by atoms with van der Waals surface area (Å²) in [5.74, 6) is -1.68. The fourth-order valence-electron chi connectivity index (χ4n) is 1.64. The molecule has 7 nitrogen and oxygen atoms in total. The standard InChI is InChI=1S/C13H13N3O4S/c1-8-3-4-10(7-9(8)2)21(19,20)16-12-11(13(17)18)14-5-6-15-12/h3-7H,1-2H3,(H,15,16)(H,17,18). The summed E-state index contributed by atoms with van der Waals surface area (Å²) in [7, 11) is -3.92. The van der Waals surface area contributed by atoms with Crippen LogP contribution in [0.5, 0.6) is 0 Å².